The molecule has 0 saturated carbocycles. The number of rotatable bonds is 5. The fourth-order valence-corrected chi connectivity index (χ4v) is 10.4. The third-order valence-corrected chi connectivity index (χ3v) is 12.8. The highest BCUT2D eigenvalue weighted by atomic mass is 16.3. The molecule has 0 amide bonds. The van der Waals surface area contributed by atoms with E-state index in [0.29, 0.717) is 0 Å². The first kappa shape index (κ1) is 32.1. The van der Waals surface area contributed by atoms with Gasteiger partial charge in [-0.15, -0.1) is 0 Å². The standard InChI is InChI=1S/C55H37NO/c1-3-14-36(15-4-1)38-26-29-40(30-27-38)56(41-31-33-53-47(35-41)45-20-9-12-25-52(45)57-53)51-24-13-21-46-43-19-8-11-23-49(43)55(54(46)51)48-22-10-7-18-42(48)44-32-28-39(34-50(44)55)37-16-5-2-6-17-37/h1-35,42,48H. The lowest BCUT2D eigenvalue weighted by atomic mass is 9.65. The normalized spacial score (nSPS) is 18.5. The second kappa shape index (κ2) is 12.4. The Morgan fingerprint density at radius 3 is 1.93 bits per heavy atom. The van der Waals surface area contributed by atoms with Crippen molar-refractivity contribution < 1.29 is 4.42 Å². The number of furan rings is 1. The predicted molar refractivity (Wildman–Crippen MR) is 236 cm³/mol. The molecule has 268 valence electrons. The van der Waals surface area contributed by atoms with Crippen LogP contribution < -0.4 is 4.90 Å². The van der Waals surface area contributed by atoms with E-state index in [1.807, 2.05) is 6.07 Å². The van der Waals surface area contributed by atoms with Crippen LogP contribution in [-0.4, -0.2) is 0 Å². The highest BCUT2D eigenvalue weighted by Gasteiger charge is 2.58. The molecule has 57 heavy (non-hydrogen) atoms. The number of hydrogen-bond acceptors (Lipinski definition) is 2. The molecule has 1 spiro atoms. The minimum atomic E-state index is -0.441. The largest absolute Gasteiger partial charge is 0.456 e. The first-order chi connectivity index (χ1) is 28.3. The number of fused-ring (bicyclic) bond motifs is 13. The molecule has 0 saturated heterocycles. The predicted octanol–water partition coefficient (Wildman–Crippen LogP) is 14.5. The summed E-state index contributed by atoms with van der Waals surface area (Å²) < 4.78 is 6.37. The minimum absolute atomic E-state index is 0.190. The topological polar surface area (TPSA) is 16.4 Å². The van der Waals surface area contributed by atoms with Gasteiger partial charge >= 0.3 is 0 Å². The van der Waals surface area contributed by atoms with Crippen LogP contribution in [0.3, 0.4) is 0 Å². The summed E-state index contributed by atoms with van der Waals surface area (Å²) in [6, 6.07) is 69.0. The maximum Gasteiger partial charge on any atom is 0.135 e. The summed E-state index contributed by atoms with van der Waals surface area (Å²) in [5.74, 6) is 0.434. The number of anilines is 3. The van der Waals surface area contributed by atoms with Gasteiger partial charge in [-0.2, -0.15) is 0 Å². The van der Waals surface area contributed by atoms with E-state index in [1.54, 1.807) is 0 Å². The van der Waals surface area contributed by atoms with Crippen molar-refractivity contribution in [2.24, 2.45) is 5.92 Å². The Balaban J connectivity index is 1.16. The molecule has 0 bridgehead atoms. The van der Waals surface area contributed by atoms with E-state index >= 15 is 0 Å². The molecule has 12 rings (SSSR count). The van der Waals surface area contributed by atoms with Crippen LogP contribution in [0.2, 0.25) is 0 Å². The molecule has 9 aromatic rings. The molecule has 3 unspecified atom stereocenters. The van der Waals surface area contributed by atoms with E-state index in [0.717, 1.165) is 33.3 Å². The van der Waals surface area contributed by atoms with Gasteiger partial charge in [0.15, 0.2) is 0 Å². The molecule has 1 aromatic heterocycles. The highest BCUT2D eigenvalue weighted by molar-refractivity contribution is 6.07. The molecule has 3 aliphatic rings. The SMILES string of the molecule is C1=CC2c3ccc(-c4ccccc4)cc3C3(c4ccccc4-c4cccc(N(c5ccc(-c6ccccc6)cc5)c5ccc6oc7ccccc7c6c5)c43)C2C=C1. The second-order valence-electron chi connectivity index (χ2n) is 15.6. The van der Waals surface area contributed by atoms with Gasteiger partial charge < -0.3 is 9.32 Å². The van der Waals surface area contributed by atoms with E-state index in [1.165, 1.54) is 61.3 Å². The van der Waals surface area contributed by atoms with Gasteiger partial charge in [0.25, 0.3) is 0 Å². The van der Waals surface area contributed by atoms with Crippen LogP contribution in [-0.2, 0) is 5.41 Å². The summed E-state index contributed by atoms with van der Waals surface area (Å²) in [4.78, 5) is 2.50. The smallest absolute Gasteiger partial charge is 0.135 e. The molecule has 3 aliphatic carbocycles. The summed E-state index contributed by atoms with van der Waals surface area (Å²) in [5.41, 5.74) is 17.7. The van der Waals surface area contributed by atoms with Crippen molar-refractivity contribution in [2.75, 3.05) is 4.90 Å². The van der Waals surface area contributed by atoms with Crippen molar-refractivity contribution in [3.8, 4) is 33.4 Å². The van der Waals surface area contributed by atoms with Crippen molar-refractivity contribution in [1.82, 2.24) is 0 Å². The van der Waals surface area contributed by atoms with Gasteiger partial charge in [-0.3, -0.25) is 0 Å². The lowest BCUT2D eigenvalue weighted by Gasteiger charge is -2.39. The van der Waals surface area contributed by atoms with E-state index in [2.05, 4.69) is 211 Å². The monoisotopic (exact) mass is 727 g/mol. The third-order valence-electron chi connectivity index (χ3n) is 12.8. The van der Waals surface area contributed by atoms with Gasteiger partial charge in [0.1, 0.15) is 11.2 Å². The number of benzene rings is 8. The van der Waals surface area contributed by atoms with Crippen LogP contribution in [0, 0.1) is 5.92 Å². The molecule has 0 N–H and O–H groups in total. The zero-order valence-electron chi connectivity index (χ0n) is 31.2. The van der Waals surface area contributed by atoms with Crippen LogP contribution >= 0.6 is 0 Å². The van der Waals surface area contributed by atoms with Crippen molar-refractivity contribution >= 4 is 39.0 Å². The van der Waals surface area contributed by atoms with Crippen molar-refractivity contribution in [3.63, 3.8) is 0 Å². The molecule has 2 heteroatoms. The Morgan fingerprint density at radius 2 is 1.09 bits per heavy atom. The number of hydrogen-bond donors (Lipinski definition) is 0. The Labute approximate surface area is 332 Å². The zero-order valence-corrected chi connectivity index (χ0v) is 31.2. The minimum Gasteiger partial charge on any atom is -0.456 e. The first-order valence-corrected chi connectivity index (χ1v) is 19.9. The van der Waals surface area contributed by atoms with Gasteiger partial charge in [0.05, 0.1) is 11.1 Å². The molecule has 0 fully saturated rings. The number of allylic oxidation sites excluding steroid dienone is 4. The van der Waals surface area contributed by atoms with Crippen molar-refractivity contribution in [3.05, 3.63) is 235 Å². The van der Waals surface area contributed by atoms with Crippen LogP contribution in [0.5, 0.6) is 0 Å². The van der Waals surface area contributed by atoms with Gasteiger partial charge in [0, 0.05) is 34.0 Å². The zero-order chi connectivity index (χ0) is 37.5. The lowest BCUT2D eigenvalue weighted by molar-refractivity contribution is 0.466. The van der Waals surface area contributed by atoms with Crippen molar-refractivity contribution in [2.45, 2.75) is 11.3 Å². The summed E-state index contributed by atoms with van der Waals surface area (Å²) in [6.45, 7) is 0. The van der Waals surface area contributed by atoms with Crippen LogP contribution in [0.25, 0.3) is 55.3 Å². The van der Waals surface area contributed by atoms with Crippen LogP contribution in [0.1, 0.15) is 28.2 Å². The molecule has 3 atom stereocenters. The molecule has 0 radical (unpaired) electrons. The van der Waals surface area contributed by atoms with E-state index in [9.17, 15) is 0 Å². The summed E-state index contributed by atoms with van der Waals surface area (Å²) in [5, 5.41) is 2.23. The Morgan fingerprint density at radius 1 is 0.439 bits per heavy atom. The number of para-hydroxylation sites is 1. The third kappa shape index (κ3) is 4.65. The van der Waals surface area contributed by atoms with E-state index in [4.69, 9.17) is 4.42 Å². The van der Waals surface area contributed by atoms with Gasteiger partial charge in [-0.1, -0.05) is 164 Å². The molecule has 8 aromatic carbocycles. The molecule has 2 nitrogen and oxygen atoms in total. The van der Waals surface area contributed by atoms with Gasteiger partial charge in [-0.05, 0) is 104 Å². The molecule has 1 heterocycles. The lowest BCUT2D eigenvalue weighted by Crippen LogP contribution is -2.34. The average Bonchev–Trinajstić information content (AvgIpc) is 3.91. The van der Waals surface area contributed by atoms with E-state index < -0.39 is 5.41 Å². The van der Waals surface area contributed by atoms with Crippen LogP contribution in [0.15, 0.2) is 217 Å². The molecular weight excluding hydrogens is 691 g/mol. The Kier molecular flexibility index (Phi) is 7.00. The van der Waals surface area contributed by atoms with E-state index in [-0.39, 0.29) is 11.8 Å². The average molecular weight is 728 g/mol. The number of nitrogens with zero attached hydrogens (tertiary/aromatic N) is 1. The highest BCUT2D eigenvalue weighted by Crippen LogP contribution is 2.67. The van der Waals surface area contributed by atoms with Gasteiger partial charge in [-0.25, -0.2) is 0 Å². The van der Waals surface area contributed by atoms with Crippen molar-refractivity contribution in [1.29, 1.82) is 0 Å². The van der Waals surface area contributed by atoms with Crippen LogP contribution in [0.4, 0.5) is 17.1 Å². The fraction of sp³-hybridized carbons (Fsp3) is 0.0545. The summed E-state index contributed by atoms with van der Waals surface area (Å²) >= 11 is 0. The molecular formula is C55H37NO. The first-order valence-electron chi connectivity index (χ1n) is 19.9. The Hall–Kier alpha value is -7.16. The molecule has 0 aliphatic heterocycles. The maximum absolute atomic E-state index is 6.37. The second-order valence-corrected chi connectivity index (χ2v) is 15.6. The summed E-state index contributed by atoms with van der Waals surface area (Å²) in [6.07, 6.45) is 9.43. The Bertz CT molecular complexity index is 3080. The fourth-order valence-electron chi connectivity index (χ4n) is 10.4. The summed E-state index contributed by atoms with van der Waals surface area (Å²) in [7, 11) is 0. The quantitative estimate of drug-likeness (QED) is 0.175. The maximum atomic E-state index is 6.37. The van der Waals surface area contributed by atoms with Gasteiger partial charge in [0.2, 0.25) is 0 Å².